The SMILES string of the molecule is CCOCCN(C)C(=O)c1n[nH]c(C)c1N. The number of hydrogen-bond donors (Lipinski definition) is 2. The van der Waals surface area contributed by atoms with Gasteiger partial charge in [-0.1, -0.05) is 0 Å². The van der Waals surface area contributed by atoms with E-state index >= 15 is 0 Å². The van der Waals surface area contributed by atoms with E-state index in [4.69, 9.17) is 10.5 Å². The number of nitrogen functional groups attached to an aromatic ring is 1. The van der Waals surface area contributed by atoms with Crippen molar-refractivity contribution in [3.05, 3.63) is 11.4 Å². The van der Waals surface area contributed by atoms with E-state index in [1.165, 1.54) is 0 Å². The largest absolute Gasteiger partial charge is 0.395 e. The van der Waals surface area contributed by atoms with Gasteiger partial charge < -0.3 is 15.4 Å². The third-order valence-corrected chi connectivity index (χ3v) is 2.32. The van der Waals surface area contributed by atoms with Gasteiger partial charge in [0.05, 0.1) is 18.0 Å². The molecule has 0 radical (unpaired) electrons. The maximum absolute atomic E-state index is 11.9. The molecule has 3 N–H and O–H groups in total. The predicted molar refractivity (Wildman–Crippen MR) is 61.2 cm³/mol. The summed E-state index contributed by atoms with van der Waals surface area (Å²) >= 11 is 0. The number of rotatable bonds is 5. The molecule has 0 fully saturated rings. The van der Waals surface area contributed by atoms with E-state index in [1.54, 1.807) is 18.9 Å². The monoisotopic (exact) mass is 226 g/mol. The van der Waals surface area contributed by atoms with Gasteiger partial charge in [0, 0.05) is 20.2 Å². The molecule has 6 heteroatoms. The van der Waals surface area contributed by atoms with Crippen LogP contribution in [0.1, 0.15) is 23.1 Å². The van der Waals surface area contributed by atoms with Gasteiger partial charge in [0.1, 0.15) is 0 Å². The summed E-state index contributed by atoms with van der Waals surface area (Å²) in [4.78, 5) is 13.4. The molecular formula is C10H18N4O2. The molecule has 1 aromatic heterocycles. The van der Waals surface area contributed by atoms with Crippen molar-refractivity contribution in [2.45, 2.75) is 13.8 Å². The van der Waals surface area contributed by atoms with Crippen molar-refractivity contribution in [2.75, 3.05) is 32.5 Å². The maximum Gasteiger partial charge on any atom is 0.276 e. The average Bonchev–Trinajstić information content (AvgIpc) is 2.59. The van der Waals surface area contributed by atoms with E-state index in [9.17, 15) is 4.79 Å². The molecule has 90 valence electrons. The van der Waals surface area contributed by atoms with Gasteiger partial charge in [-0.15, -0.1) is 0 Å². The fraction of sp³-hybridized carbons (Fsp3) is 0.600. The Balaban J connectivity index is 2.60. The number of ether oxygens (including phenoxy) is 1. The lowest BCUT2D eigenvalue weighted by atomic mass is 10.3. The van der Waals surface area contributed by atoms with Gasteiger partial charge in [-0.3, -0.25) is 9.89 Å². The van der Waals surface area contributed by atoms with Crippen molar-refractivity contribution in [2.24, 2.45) is 0 Å². The molecule has 0 aliphatic heterocycles. The molecule has 0 atom stereocenters. The zero-order valence-corrected chi connectivity index (χ0v) is 9.91. The van der Waals surface area contributed by atoms with Crippen LogP contribution in [0.3, 0.4) is 0 Å². The van der Waals surface area contributed by atoms with Crippen LogP contribution in [0.15, 0.2) is 0 Å². The lowest BCUT2D eigenvalue weighted by molar-refractivity contribution is 0.0705. The first-order valence-corrected chi connectivity index (χ1v) is 5.21. The zero-order valence-electron chi connectivity index (χ0n) is 9.91. The third-order valence-electron chi connectivity index (χ3n) is 2.32. The van der Waals surface area contributed by atoms with Crippen LogP contribution < -0.4 is 5.73 Å². The summed E-state index contributed by atoms with van der Waals surface area (Å²) < 4.78 is 5.17. The van der Waals surface area contributed by atoms with E-state index < -0.39 is 0 Å². The standard InChI is InChI=1S/C10H18N4O2/c1-4-16-6-5-14(3)10(15)9-8(11)7(2)12-13-9/h4-6,11H2,1-3H3,(H,12,13). The highest BCUT2D eigenvalue weighted by molar-refractivity contribution is 5.97. The number of nitrogens with zero attached hydrogens (tertiary/aromatic N) is 2. The summed E-state index contributed by atoms with van der Waals surface area (Å²) in [7, 11) is 1.70. The van der Waals surface area contributed by atoms with E-state index in [-0.39, 0.29) is 11.6 Å². The zero-order chi connectivity index (χ0) is 12.1. The molecule has 1 heterocycles. The van der Waals surface area contributed by atoms with Crippen molar-refractivity contribution < 1.29 is 9.53 Å². The number of carbonyl (C=O) groups is 1. The van der Waals surface area contributed by atoms with Crippen LogP contribution >= 0.6 is 0 Å². The molecule has 0 bridgehead atoms. The molecule has 0 unspecified atom stereocenters. The molecule has 0 saturated carbocycles. The van der Waals surface area contributed by atoms with Gasteiger partial charge in [0.2, 0.25) is 0 Å². The van der Waals surface area contributed by atoms with Crippen LogP contribution in [-0.2, 0) is 4.74 Å². The Kier molecular flexibility index (Phi) is 4.30. The van der Waals surface area contributed by atoms with Crippen molar-refractivity contribution >= 4 is 11.6 Å². The summed E-state index contributed by atoms with van der Waals surface area (Å²) in [6.45, 7) is 5.38. The van der Waals surface area contributed by atoms with Crippen molar-refractivity contribution in [1.82, 2.24) is 15.1 Å². The van der Waals surface area contributed by atoms with Gasteiger partial charge >= 0.3 is 0 Å². The van der Waals surface area contributed by atoms with Crippen molar-refractivity contribution in [3.8, 4) is 0 Å². The molecule has 1 amide bonds. The Hall–Kier alpha value is -1.56. The second kappa shape index (κ2) is 5.50. The second-order valence-corrected chi connectivity index (χ2v) is 3.53. The second-order valence-electron chi connectivity index (χ2n) is 3.53. The number of anilines is 1. The molecule has 16 heavy (non-hydrogen) atoms. The minimum Gasteiger partial charge on any atom is -0.395 e. The number of H-pyrrole nitrogens is 1. The first-order chi connectivity index (χ1) is 7.57. The topological polar surface area (TPSA) is 84.2 Å². The molecule has 0 aromatic carbocycles. The van der Waals surface area contributed by atoms with Gasteiger partial charge in [0.15, 0.2) is 5.69 Å². The van der Waals surface area contributed by atoms with Crippen LogP contribution in [0.4, 0.5) is 5.69 Å². The average molecular weight is 226 g/mol. The van der Waals surface area contributed by atoms with Crippen molar-refractivity contribution in [1.29, 1.82) is 0 Å². The van der Waals surface area contributed by atoms with Gasteiger partial charge in [-0.25, -0.2) is 0 Å². The Morgan fingerprint density at radius 2 is 2.31 bits per heavy atom. The van der Waals surface area contributed by atoms with Crippen LogP contribution in [-0.4, -0.2) is 47.8 Å². The minimum atomic E-state index is -0.193. The Labute approximate surface area is 94.8 Å². The summed E-state index contributed by atoms with van der Waals surface area (Å²) in [5.41, 5.74) is 7.12. The molecule has 0 spiro atoms. The number of hydrogen-bond acceptors (Lipinski definition) is 4. The fourth-order valence-electron chi connectivity index (χ4n) is 1.23. The lowest BCUT2D eigenvalue weighted by Crippen LogP contribution is -2.31. The highest BCUT2D eigenvalue weighted by Gasteiger charge is 2.18. The Bertz CT molecular complexity index is 362. The molecule has 0 aliphatic carbocycles. The molecule has 0 aliphatic rings. The van der Waals surface area contributed by atoms with E-state index in [2.05, 4.69) is 10.2 Å². The Morgan fingerprint density at radius 3 is 2.81 bits per heavy atom. The fourth-order valence-corrected chi connectivity index (χ4v) is 1.23. The first kappa shape index (κ1) is 12.5. The van der Waals surface area contributed by atoms with Crippen LogP contribution in [0, 0.1) is 6.92 Å². The van der Waals surface area contributed by atoms with E-state index in [1.807, 2.05) is 6.92 Å². The van der Waals surface area contributed by atoms with Crippen molar-refractivity contribution in [3.63, 3.8) is 0 Å². The molecule has 1 aromatic rings. The summed E-state index contributed by atoms with van der Waals surface area (Å²) in [6, 6.07) is 0. The number of aromatic nitrogens is 2. The van der Waals surface area contributed by atoms with Crippen LogP contribution in [0.2, 0.25) is 0 Å². The number of carbonyl (C=O) groups excluding carboxylic acids is 1. The smallest absolute Gasteiger partial charge is 0.276 e. The summed E-state index contributed by atoms with van der Waals surface area (Å²) in [5, 5.41) is 6.57. The number of nitrogens with two attached hydrogens (primary N) is 1. The molecule has 1 rings (SSSR count). The highest BCUT2D eigenvalue weighted by atomic mass is 16.5. The minimum absolute atomic E-state index is 0.193. The highest BCUT2D eigenvalue weighted by Crippen LogP contribution is 2.13. The lowest BCUT2D eigenvalue weighted by Gasteiger charge is -2.15. The van der Waals surface area contributed by atoms with Gasteiger partial charge in [-0.2, -0.15) is 5.10 Å². The molecular weight excluding hydrogens is 208 g/mol. The number of aromatic amines is 1. The van der Waals surface area contributed by atoms with E-state index in [0.29, 0.717) is 31.1 Å². The molecule has 6 nitrogen and oxygen atoms in total. The maximum atomic E-state index is 11.9. The quantitative estimate of drug-likeness (QED) is 0.712. The van der Waals surface area contributed by atoms with Crippen LogP contribution in [0.25, 0.3) is 0 Å². The number of nitrogens with one attached hydrogen (secondary N) is 1. The Morgan fingerprint density at radius 1 is 1.62 bits per heavy atom. The first-order valence-electron chi connectivity index (χ1n) is 5.21. The number of aryl methyl sites for hydroxylation is 1. The summed E-state index contributed by atoms with van der Waals surface area (Å²) in [5.74, 6) is -0.193. The summed E-state index contributed by atoms with van der Waals surface area (Å²) in [6.07, 6.45) is 0. The number of likely N-dealkylation sites (N-methyl/N-ethyl adjacent to an activating group) is 1. The normalized spacial score (nSPS) is 10.4. The number of amides is 1. The van der Waals surface area contributed by atoms with Crippen LogP contribution in [0.5, 0.6) is 0 Å². The van der Waals surface area contributed by atoms with Gasteiger partial charge in [-0.05, 0) is 13.8 Å². The van der Waals surface area contributed by atoms with E-state index in [0.717, 1.165) is 0 Å². The molecule has 0 saturated heterocycles. The predicted octanol–water partition coefficient (Wildman–Crippen LogP) is 0.409. The van der Waals surface area contributed by atoms with Gasteiger partial charge in [0.25, 0.3) is 5.91 Å². The third kappa shape index (κ3) is 2.73.